The normalized spacial score (nSPS) is 18.3. The first-order valence-electron chi connectivity index (χ1n) is 8.39. The fraction of sp³-hybridized carbons (Fsp3) is 0.389. The fourth-order valence-corrected chi connectivity index (χ4v) is 3.33. The molecular formula is C18H21N5O. The van der Waals surface area contributed by atoms with Crippen LogP contribution in [0.3, 0.4) is 0 Å². The molecule has 0 spiro atoms. The molecule has 0 radical (unpaired) electrons. The van der Waals surface area contributed by atoms with E-state index in [9.17, 15) is 0 Å². The summed E-state index contributed by atoms with van der Waals surface area (Å²) in [4.78, 5) is 7.00. The zero-order chi connectivity index (χ0) is 16.4. The standard InChI is InChI=1S/C18H21N5O/c1-14-5-2-6-15(11-14)18-20-17(21-24-18)13-22-9-3-7-16(22)12-23-10-4-8-19-23/h2,4-6,8,10-11,16H,3,7,9,12-13H2,1H3/t16-/m0/s1. The van der Waals surface area contributed by atoms with Crippen molar-refractivity contribution in [2.45, 2.75) is 38.9 Å². The fourth-order valence-electron chi connectivity index (χ4n) is 3.33. The second-order valence-electron chi connectivity index (χ2n) is 6.38. The summed E-state index contributed by atoms with van der Waals surface area (Å²) in [6.07, 6.45) is 6.23. The van der Waals surface area contributed by atoms with Crippen LogP contribution in [-0.2, 0) is 13.1 Å². The van der Waals surface area contributed by atoms with E-state index in [1.165, 1.54) is 18.4 Å². The molecule has 6 nitrogen and oxygen atoms in total. The minimum atomic E-state index is 0.478. The molecule has 0 amide bonds. The third-order valence-electron chi connectivity index (χ3n) is 4.53. The summed E-state index contributed by atoms with van der Waals surface area (Å²) in [6, 6.07) is 10.6. The van der Waals surface area contributed by atoms with Gasteiger partial charge in [0, 0.05) is 24.0 Å². The average molecular weight is 323 g/mol. The van der Waals surface area contributed by atoms with E-state index in [-0.39, 0.29) is 0 Å². The highest BCUT2D eigenvalue weighted by Crippen LogP contribution is 2.22. The highest BCUT2D eigenvalue weighted by Gasteiger charge is 2.26. The molecule has 24 heavy (non-hydrogen) atoms. The predicted octanol–water partition coefficient (Wildman–Crippen LogP) is 2.91. The Bertz CT molecular complexity index is 795. The Morgan fingerprint density at radius 3 is 3.08 bits per heavy atom. The average Bonchev–Trinajstić information content (AvgIpc) is 3.32. The van der Waals surface area contributed by atoms with Crippen molar-refractivity contribution >= 4 is 0 Å². The van der Waals surface area contributed by atoms with E-state index in [1.807, 2.05) is 35.3 Å². The molecule has 4 rings (SSSR count). The molecule has 1 aliphatic rings. The van der Waals surface area contributed by atoms with Crippen LogP contribution in [0.1, 0.15) is 24.2 Å². The van der Waals surface area contributed by atoms with Crippen LogP contribution < -0.4 is 0 Å². The van der Waals surface area contributed by atoms with Crippen molar-refractivity contribution in [3.05, 3.63) is 54.1 Å². The van der Waals surface area contributed by atoms with Crippen molar-refractivity contribution in [3.63, 3.8) is 0 Å². The minimum Gasteiger partial charge on any atom is -0.334 e. The largest absolute Gasteiger partial charge is 0.334 e. The Labute approximate surface area is 141 Å². The van der Waals surface area contributed by atoms with E-state index >= 15 is 0 Å². The molecule has 0 saturated carbocycles. The van der Waals surface area contributed by atoms with Crippen molar-refractivity contribution in [2.75, 3.05) is 6.54 Å². The van der Waals surface area contributed by atoms with Crippen LogP contribution in [0.4, 0.5) is 0 Å². The number of benzene rings is 1. The van der Waals surface area contributed by atoms with Gasteiger partial charge in [-0.15, -0.1) is 0 Å². The molecule has 0 N–H and O–H groups in total. The Morgan fingerprint density at radius 2 is 2.25 bits per heavy atom. The molecule has 1 fully saturated rings. The zero-order valence-corrected chi connectivity index (χ0v) is 13.8. The lowest BCUT2D eigenvalue weighted by Crippen LogP contribution is -2.33. The summed E-state index contributed by atoms with van der Waals surface area (Å²) in [5.74, 6) is 1.34. The van der Waals surface area contributed by atoms with Crippen LogP contribution in [0.15, 0.2) is 47.2 Å². The maximum Gasteiger partial charge on any atom is 0.257 e. The van der Waals surface area contributed by atoms with Gasteiger partial charge in [-0.2, -0.15) is 10.1 Å². The van der Waals surface area contributed by atoms with Crippen molar-refractivity contribution < 1.29 is 4.52 Å². The van der Waals surface area contributed by atoms with Crippen molar-refractivity contribution in [1.82, 2.24) is 24.8 Å². The maximum absolute atomic E-state index is 5.45. The molecule has 124 valence electrons. The highest BCUT2D eigenvalue weighted by molar-refractivity contribution is 5.53. The molecule has 0 aliphatic carbocycles. The van der Waals surface area contributed by atoms with E-state index in [2.05, 4.69) is 39.2 Å². The van der Waals surface area contributed by atoms with Gasteiger partial charge >= 0.3 is 0 Å². The highest BCUT2D eigenvalue weighted by atomic mass is 16.5. The molecule has 2 aromatic heterocycles. The number of hydrogen-bond acceptors (Lipinski definition) is 5. The number of likely N-dealkylation sites (tertiary alicyclic amines) is 1. The number of aryl methyl sites for hydroxylation is 1. The molecule has 1 saturated heterocycles. The first-order chi connectivity index (χ1) is 11.8. The third kappa shape index (κ3) is 3.23. The number of rotatable bonds is 5. The molecule has 3 aromatic rings. The Morgan fingerprint density at radius 1 is 1.29 bits per heavy atom. The lowest BCUT2D eigenvalue weighted by molar-refractivity contribution is 0.211. The van der Waals surface area contributed by atoms with Gasteiger partial charge in [-0.3, -0.25) is 9.58 Å². The lowest BCUT2D eigenvalue weighted by Gasteiger charge is -2.22. The molecule has 0 bridgehead atoms. The van der Waals surface area contributed by atoms with Gasteiger partial charge in [0.05, 0.1) is 13.1 Å². The molecule has 1 aromatic carbocycles. The van der Waals surface area contributed by atoms with Crippen LogP contribution >= 0.6 is 0 Å². The summed E-state index contributed by atoms with van der Waals surface area (Å²) < 4.78 is 7.45. The van der Waals surface area contributed by atoms with E-state index < -0.39 is 0 Å². The van der Waals surface area contributed by atoms with Crippen LogP contribution in [0, 0.1) is 6.92 Å². The van der Waals surface area contributed by atoms with Crippen molar-refractivity contribution in [1.29, 1.82) is 0 Å². The molecule has 1 atom stereocenters. The van der Waals surface area contributed by atoms with E-state index in [4.69, 9.17) is 4.52 Å². The summed E-state index contributed by atoms with van der Waals surface area (Å²) >= 11 is 0. The van der Waals surface area contributed by atoms with E-state index in [0.29, 0.717) is 11.9 Å². The van der Waals surface area contributed by atoms with Crippen molar-refractivity contribution in [3.8, 4) is 11.5 Å². The molecule has 0 unspecified atom stereocenters. The Hall–Kier alpha value is -2.47. The van der Waals surface area contributed by atoms with Gasteiger partial charge in [-0.05, 0) is 44.5 Å². The van der Waals surface area contributed by atoms with Gasteiger partial charge in [0.2, 0.25) is 0 Å². The number of nitrogens with zero attached hydrogens (tertiary/aromatic N) is 5. The van der Waals surface area contributed by atoms with Crippen LogP contribution in [0.25, 0.3) is 11.5 Å². The second-order valence-corrected chi connectivity index (χ2v) is 6.38. The monoisotopic (exact) mass is 323 g/mol. The lowest BCUT2D eigenvalue weighted by atomic mass is 10.1. The number of hydrogen-bond donors (Lipinski definition) is 0. The Balaban J connectivity index is 1.45. The summed E-state index contributed by atoms with van der Waals surface area (Å²) in [6.45, 7) is 4.77. The van der Waals surface area contributed by atoms with E-state index in [1.54, 1.807) is 0 Å². The predicted molar refractivity (Wildman–Crippen MR) is 90.1 cm³/mol. The third-order valence-corrected chi connectivity index (χ3v) is 4.53. The van der Waals surface area contributed by atoms with Gasteiger partial charge < -0.3 is 4.52 Å². The molecule has 3 heterocycles. The first kappa shape index (κ1) is 15.1. The first-order valence-corrected chi connectivity index (χ1v) is 8.39. The topological polar surface area (TPSA) is 60.0 Å². The van der Waals surface area contributed by atoms with Crippen LogP contribution in [0.5, 0.6) is 0 Å². The van der Waals surface area contributed by atoms with Gasteiger partial charge in [0.15, 0.2) is 5.82 Å². The van der Waals surface area contributed by atoms with Crippen LogP contribution in [0.2, 0.25) is 0 Å². The second kappa shape index (κ2) is 6.57. The molecular weight excluding hydrogens is 302 g/mol. The van der Waals surface area contributed by atoms with Crippen LogP contribution in [-0.4, -0.2) is 37.4 Å². The molecule has 6 heteroatoms. The summed E-state index contributed by atoms with van der Waals surface area (Å²) in [7, 11) is 0. The number of aromatic nitrogens is 4. The summed E-state index contributed by atoms with van der Waals surface area (Å²) in [5.41, 5.74) is 2.16. The quantitative estimate of drug-likeness (QED) is 0.722. The maximum atomic E-state index is 5.45. The SMILES string of the molecule is Cc1cccc(-c2nc(CN3CCC[C@H]3Cn3cccn3)no2)c1. The van der Waals surface area contributed by atoms with Gasteiger partial charge in [-0.25, -0.2) is 0 Å². The van der Waals surface area contributed by atoms with E-state index in [0.717, 1.165) is 31.0 Å². The zero-order valence-electron chi connectivity index (χ0n) is 13.8. The Kier molecular flexibility index (Phi) is 4.13. The van der Waals surface area contributed by atoms with Gasteiger partial charge in [-0.1, -0.05) is 22.9 Å². The molecule has 1 aliphatic heterocycles. The smallest absolute Gasteiger partial charge is 0.257 e. The minimum absolute atomic E-state index is 0.478. The summed E-state index contributed by atoms with van der Waals surface area (Å²) in [5, 5.41) is 8.48. The van der Waals surface area contributed by atoms with Gasteiger partial charge in [0.1, 0.15) is 0 Å². The van der Waals surface area contributed by atoms with Gasteiger partial charge in [0.25, 0.3) is 5.89 Å². The van der Waals surface area contributed by atoms with Crippen molar-refractivity contribution in [2.24, 2.45) is 0 Å².